The Bertz CT molecular complexity index is 323. The minimum absolute atomic E-state index is 0.248. The monoisotopic (exact) mass is 161 g/mol. The lowest BCUT2D eigenvalue weighted by molar-refractivity contribution is 0.829. The summed E-state index contributed by atoms with van der Waals surface area (Å²) in [7, 11) is 0. The summed E-state index contributed by atoms with van der Waals surface area (Å²) in [5, 5.41) is 0. The summed E-state index contributed by atoms with van der Waals surface area (Å²) in [6.45, 7) is 10.9. The van der Waals surface area contributed by atoms with E-state index in [0.717, 1.165) is 5.69 Å². The summed E-state index contributed by atoms with van der Waals surface area (Å²) in [6, 6.07) is 1.65. The van der Waals surface area contributed by atoms with E-state index in [0.29, 0.717) is 11.4 Å². The average Bonchev–Trinajstić information content (AvgIpc) is 2.03. The Morgan fingerprint density at radius 3 is 2.67 bits per heavy atom. The van der Waals surface area contributed by atoms with Crippen molar-refractivity contribution in [2.45, 2.75) is 19.8 Å². The van der Waals surface area contributed by atoms with Gasteiger partial charge < -0.3 is 5.73 Å². The number of nitrogens with zero attached hydrogens (tertiary/aromatic N) is 2. The van der Waals surface area contributed by atoms with Gasteiger partial charge in [0.05, 0.1) is 12.3 Å². The van der Waals surface area contributed by atoms with Crippen LogP contribution in [0.5, 0.6) is 0 Å². The van der Waals surface area contributed by atoms with Crippen LogP contribution in [0.2, 0.25) is 0 Å². The molecule has 0 spiro atoms. The molecule has 0 saturated heterocycles. The third-order valence-corrected chi connectivity index (χ3v) is 1.64. The number of hydrogen-bond acceptors (Lipinski definition) is 2. The van der Waals surface area contributed by atoms with Crippen molar-refractivity contribution in [3.05, 3.63) is 29.4 Å². The van der Waals surface area contributed by atoms with Gasteiger partial charge in [-0.15, -0.1) is 0 Å². The van der Waals surface area contributed by atoms with E-state index in [1.54, 1.807) is 12.3 Å². The highest BCUT2D eigenvalue weighted by Gasteiger charge is 2.09. The molecule has 3 nitrogen and oxygen atoms in total. The van der Waals surface area contributed by atoms with E-state index in [2.05, 4.69) is 9.83 Å². The van der Waals surface area contributed by atoms with Crippen LogP contribution in [0, 0.1) is 6.57 Å². The molecule has 0 bridgehead atoms. The van der Waals surface area contributed by atoms with Crippen molar-refractivity contribution in [3.63, 3.8) is 0 Å². The predicted molar refractivity (Wildman–Crippen MR) is 49.0 cm³/mol. The Morgan fingerprint density at radius 2 is 2.25 bits per heavy atom. The maximum absolute atomic E-state index is 6.92. The van der Waals surface area contributed by atoms with Gasteiger partial charge in [0.2, 0.25) is 5.69 Å². The first kappa shape index (κ1) is 8.54. The van der Waals surface area contributed by atoms with Crippen LogP contribution in [0.3, 0.4) is 0 Å². The fraction of sp³-hybridized carbons (Fsp3) is 0.333. The molecule has 62 valence electrons. The van der Waals surface area contributed by atoms with E-state index in [4.69, 9.17) is 12.3 Å². The van der Waals surface area contributed by atoms with Crippen LogP contribution < -0.4 is 5.73 Å². The topological polar surface area (TPSA) is 43.3 Å². The highest BCUT2D eigenvalue weighted by molar-refractivity contribution is 5.69. The molecule has 12 heavy (non-hydrogen) atoms. The van der Waals surface area contributed by atoms with Crippen LogP contribution in [-0.4, -0.2) is 4.98 Å². The molecule has 0 aliphatic rings. The van der Waals surface area contributed by atoms with Crippen LogP contribution >= 0.6 is 0 Å². The van der Waals surface area contributed by atoms with Crippen molar-refractivity contribution in [2.75, 3.05) is 5.73 Å². The van der Waals surface area contributed by atoms with Crippen LogP contribution in [0.15, 0.2) is 12.3 Å². The molecular formula is C9H11N3. The third kappa shape index (κ3) is 1.37. The number of pyridine rings is 1. The van der Waals surface area contributed by atoms with Gasteiger partial charge in [-0.1, -0.05) is 13.8 Å². The largest absolute Gasteiger partial charge is 0.407 e. The van der Waals surface area contributed by atoms with Crippen LogP contribution in [-0.2, 0) is 0 Å². The SMILES string of the molecule is [C-]#[N+]c1c(N)ccnc1C(C)C. The van der Waals surface area contributed by atoms with Crippen molar-refractivity contribution in [1.82, 2.24) is 4.98 Å². The number of hydrogen-bond donors (Lipinski definition) is 1. The second-order valence-electron chi connectivity index (χ2n) is 2.90. The number of nitrogens with two attached hydrogens (primary N) is 1. The number of aromatic nitrogens is 1. The molecule has 0 unspecified atom stereocenters. The maximum atomic E-state index is 6.92. The van der Waals surface area contributed by atoms with Gasteiger partial charge in [0.1, 0.15) is 0 Å². The minimum Gasteiger partial charge on any atom is -0.407 e. The molecule has 0 saturated carbocycles. The van der Waals surface area contributed by atoms with Crippen molar-refractivity contribution in [3.8, 4) is 0 Å². The summed E-state index contributed by atoms with van der Waals surface area (Å²) >= 11 is 0. The van der Waals surface area contributed by atoms with Crippen LogP contribution in [0.25, 0.3) is 4.85 Å². The van der Waals surface area contributed by atoms with Gasteiger partial charge in [0.25, 0.3) is 0 Å². The Morgan fingerprint density at radius 1 is 1.58 bits per heavy atom. The van der Waals surface area contributed by atoms with E-state index in [9.17, 15) is 0 Å². The Kier molecular flexibility index (Phi) is 2.29. The van der Waals surface area contributed by atoms with Crippen molar-refractivity contribution in [2.24, 2.45) is 0 Å². The Hall–Kier alpha value is -1.56. The molecule has 2 N–H and O–H groups in total. The molecule has 0 atom stereocenters. The molecule has 1 aromatic rings. The van der Waals surface area contributed by atoms with Crippen molar-refractivity contribution < 1.29 is 0 Å². The zero-order valence-corrected chi connectivity index (χ0v) is 7.20. The molecule has 1 heterocycles. The minimum atomic E-state index is 0.248. The van der Waals surface area contributed by atoms with E-state index >= 15 is 0 Å². The van der Waals surface area contributed by atoms with Crippen molar-refractivity contribution >= 4 is 11.4 Å². The van der Waals surface area contributed by atoms with Gasteiger partial charge in [-0.3, -0.25) is 4.98 Å². The Labute approximate surface area is 72.1 Å². The summed E-state index contributed by atoms with van der Waals surface area (Å²) in [5.74, 6) is 0.248. The highest BCUT2D eigenvalue weighted by atomic mass is 14.8. The van der Waals surface area contributed by atoms with Crippen LogP contribution in [0.4, 0.5) is 11.4 Å². The first-order valence-corrected chi connectivity index (χ1v) is 3.78. The van der Waals surface area contributed by atoms with E-state index in [-0.39, 0.29) is 5.92 Å². The quantitative estimate of drug-likeness (QED) is 0.642. The second-order valence-corrected chi connectivity index (χ2v) is 2.90. The second kappa shape index (κ2) is 3.22. The van der Waals surface area contributed by atoms with Gasteiger partial charge in [0, 0.05) is 11.9 Å². The smallest absolute Gasteiger partial charge is 0.230 e. The lowest BCUT2D eigenvalue weighted by Crippen LogP contribution is -1.95. The summed E-state index contributed by atoms with van der Waals surface area (Å²) < 4.78 is 0. The predicted octanol–water partition coefficient (Wildman–Crippen LogP) is 2.34. The first-order valence-electron chi connectivity index (χ1n) is 3.78. The number of anilines is 1. The molecule has 1 aromatic heterocycles. The van der Waals surface area contributed by atoms with Crippen LogP contribution in [0.1, 0.15) is 25.5 Å². The highest BCUT2D eigenvalue weighted by Crippen LogP contribution is 2.29. The van der Waals surface area contributed by atoms with Gasteiger partial charge >= 0.3 is 0 Å². The maximum Gasteiger partial charge on any atom is 0.230 e. The van der Waals surface area contributed by atoms with E-state index in [1.807, 2.05) is 13.8 Å². The molecule has 3 heteroatoms. The lowest BCUT2D eigenvalue weighted by Gasteiger charge is -2.07. The number of nitrogen functional groups attached to an aromatic ring is 1. The fourth-order valence-electron chi connectivity index (χ4n) is 1.03. The lowest BCUT2D eigenvalue weighted by atomic mass is 10.1. The third-order valence-electron chi connectivity index (χ3n) is 1.64. The van der Waals surface area contributed by atoms with E-state index < -0.39 is 0 Å². The van der Waals surface area contributed by atoms with Gasteiger partial charge in [0.15, 0.2) is 0 Å². The van der Waals surface area contributed by atoms with Gasteiger partial charge in [-0.05, 0) is 12.0 Å². The molecule has 0 fully saturated rings. The zero-order chi connectivity index (χ0) is 9.14. The molecule has 1 rings (SSSR count). The molecule has 0 amide bonds. The van der Waals surface area contributed by atoms with Gasteiger partial charge in [-0.25, -0.2) is 4.85 Å². The van der Waals surface area contributed by atoms with Crippen molar-refractivity contribution in [1.29, 1.82) is 0 Å². The average molecular weight is 161 g/mol. The summed E-state index contributed by atoms with van der Waals surface area (Å²) in [4.78, 5) is 7.47. The normalized spacial score (nSPS) is 9.83. The first-order chi connectivity index (χ1) is 5.66. The number of rotatable bonds is 1. The zero-order valence-electron chi connectivity index (χ0n) is 7.20. The summed E-state index contributed by atoms with van der Waals surface area (Å²) in [6.07, 6.45) is 1.64. The fourth-order valence-corrected chi connectivity index (χ4v) is 1.03. The Balaban J connectivity index is 3.30. The molecular weight excluding hydrogens is 150 g/mol. The standard InChI is InChI=1S/C9H11N3/c1-6(2)8-9(11-3)7(10)4-5-12-8/h4-6H,1-2H3,(H2,10,12). The summed E-state index contributed by atoms with van der Waals surface area (Å²) in [5.41, 5.74) is 7.41. The molecule has 0 aliphatic carbocycles. The molecule has 0 aliphatic heterocycles. The van der Waals surface area contributed by atoms with Gasteiger partial charge in [-0.2, -0.15) is 0 Å². The molecule has 0 radical (unpaired) electrons. The molecule has 0 aromatic carbocycles. The van der Waals surface area contributed by atoms with E-state index in [1.165, 1.54) is 0 Å².